The lowest BCUT2D eigenvalue weighted by Gasteiger charge is -2.30. The van der Waals surface area contributed by atoms with Crippen LogP contribution in [-0.2, 0) is 9.59 Å². The van der Waals surface area contributed by atoms with Gasteiger partial charge in [0.05, 0.1) is 0 Å². The largest absolute Gasteiger partial charge is 0.483 e. The summed E-state index contributed by atoms with van der Waals surface area (Å²) in [6.45, 7) is 5.12. The van der Waals surface area contributed by atoms with Crippen LogP contribution in [0.3, 0.4) is 0 Å². The van der Waals surface area contributed by atoms with E-state index in [1.54, 1.807) is 4.90 Å². The van der Waals surface area contributed by atoms with Crippen LogP contribution in [-0.4, -0.2) is 36.4 Å². The number of carbonyl (C=O) groups is 2. The second-order valence-corrected chi connectivity index (χ2v) is 5.62. The Balaban J connectivity index is 1.85. The third kappa shape index (κ3) is 3.97. The number of ether oxygens (including phenoxy) is 1. The number of aryl methyl sites for hydroxylation is 2. The van der Waals surface area contributed by atoms with Gasteiger partial charge in [-0.15, -0.1) is 0 Å². The van der Waals surface area contributed by atoms with Gasteiger partial charge >= 0.3 is 0 Å². The molecule has 0 radical (unpaired) electrons. The van der Waals surface area contributed by atoms with Crippen LogP contribution in [0.1, 0.15) is 24.0 Å². The third-order valence-corrected chi connectivity index (χ3v) is 3.94. The summed E-state index contributed by atoms with van der Waals surface area (Å²) in [6.07, 6.45) is 1.29. The van der Waals surface area contributed by atoms with Gasteiger partial charge in [-0.3, -0.25) is 9.59 Å². The van der Waals surface area contributed by atoms with Gasteiger partial charge in [0.15, 0.2) is 6.61 Å². The normalized spacial score (nSPS) is 15.8. The highest BCUT2D eigenvalue weighted by molar-refractivity contribution is 5.79. The maximum atomic E-state index is 12.1. The first kappa shape index (κ1) is 15.4. The van der Waals surface area contributed by atoms with Gasteiger partial charge in [0.1, 0.15) is 5.75 Å². The highest BCUT2D eigenvalue weighted by Gasteiger charge is 2.25. The van der Waals surface area contributed by atoms with Crippen LogP contribution in [0.2, 0.25) is 0 Å². The van der Waals surface area contributed by atoms with Crippen molar-refractivity contribution in [1.29, 1.82) is 0 Å². The number of rotatable bonds is 4. The number of hydrogen-bond donors (Lipinski definition) is 1. The lowest BCUT2D eigenvalue weighted by Crippen LogP contribution is -2.43. The minimum Gasteiger partial charge on any atom is -0.483 e. The number of primary amides is 1. The molecule has 0 unspecified atom stereocenters. The molecule has 5 heteroatoms. The topological polar surface area (TPSA) is 72.6 Å². The molecular formula is C16H22N2O3. The Morgan fingerprint density at radius 3 is 2.57 bits per heavy atom. The molecule has 0 aliphatic carbocycles. The predicted molar refractivity (Wildman–Crippen MR) is 79.9 cm³/mol. The molecule has 0 saturated carbocycles. The molecule has 5 nitrogen and oxygen atoms in total. The average Bonchev–Trinajstić information content (AvgIpc) is 2.48. The van der Waals surface area contributed by atoms with Crippen molar-refractivity contribution in [3.63, 3.8) is 0 Å². The van der Waals surface area contributed by atoms with E-state index < -0.39 is 0 Å². The van der Waals surface area contributed by atoms with E-state index in [-0.39, 0.29) is 24.3 Å². The van der Waals surface area contributed by atoms with E-state index in [1.807, 2.05) is 32.0 Å². The molecule has 0 spiro atoms. The minimum atomic E-state index is -0.270. The first-order valence-electron chi connectivity index (χ1n) is 7.24. The standard InChI is InChI=1S/C16H22N2O3/c1-11-3-4-12(2)14(9-11)21-10-15(19)18-7-5-13(6-8-18)16(17)20/h3-4,9,13H,5-8,10H2,1-2H3,(H2,17,20). The molecule has 0 bridgehead atoms. The number of likely N-dealkylation sites (tertiary alicyclic amines) is 1. The molecule has 2 N–H and O–H groups in total. The zero-order chi connectivity index (χ0) is 15.4. The van der Waals surface area contributed by atoms with Gasteiger partial charge in [0, 0.05) is 19.0 Å². The fourth-order valence-electron chi connectivity index (χ4n) is 2.51. The maximum Gasteiger partial charge on any atom is 0.260 e. The first-order chi connectivity index (χ1) is 9.97. The Labute approximate surface area is 125 Å². The monoisotopic (exact) mass is 290 g/mol. The Morgan fingerprint density at radius 1 is 1.29 bits per heavy atom. The van der Waals surface area contributed by atoms with Crippen molar-refractivity contribution >= 4 is 11.8 Å². The summed E-state index contributed by atoms with van der Waals surface area (Å²) in [5, 5.41) is 0. The molecular weight excluding hydrogens is 268 g/mol. The van der Waals surface area contributed by atoms with Crippen LogP contribution in [0, 0.1) is 19.8 Å². The SMILES string of the molecule is Cc1ccc(C)c(OCC(=O)N2CCC(C(N)=O)CC2)c1. The Hall–Kier alpha value is -2.04. The summed E-state index contributed by atoms with van der Waals surface area (Å²) in [6, 6.07) is 5.92. The second kappa shape index (κ2) is 6.61. The van der Waals surface area contributed by atoms with Gasteiger partial charge in [0.25, 0.3) is 5.91 Å². The van der Waals surface area contributed by atoms with Gasteiger partial charge in [-0.05, 0) is 43.9 Å². The van der Waals surface area contributed by atoms with E-state index >= 15 is 0 Å². The molecule has 1 aromatic rings. The van der Waals surface area contributed by atoms with Crippen molar-refractivity contribution in [1.82, 2.24) is 4.90 Å². The average molecular weight is 290 g/mol. The van der Waals surface area contributed by atoms with Crippen LogP contribution in [0.25, 0.3) is 0 Å². The molecule has 0 aromatic heterocycles. The van der Waals surface area contributed by atoms with Crippen LogP contribution >= 0.6 is 0 Å². The molecule has 1 saturated heterocycles. The van der Waals surface area contributed by atoms with Crippen molar-refractivity contribution in [2.24, 2.45) is 11.7 Å². The van der Waals surface area contributed by atoms with E-state index in [2.05, 4.69) is 0 Å². The molecule has 1 aliphatic heterocycles. The molecule has 114 valence electrons. The summed E-state index contributed by atoms with van der Waals surface area (Å²) in [4.78, 5) is 25.0. The van der Waals surface area contributed by atoms with Crippen LogP contribution in [0.15, 0.2) is 18.2 Å². The van der Waals surface area contributed by atoms with Crippen molar-refractivity contribution in [3.05, 3.63) is 29.3 Å². The van der Waals surface area contributed by atoms with E-state index in [9.17, 15) is 9.59 Å². The van der Waals surface area contributed by atoms with E-state index in [4.69, 9.17) is 10.5 Å². The first-order valence-corrected chi connectivity index (χ1v) is 7.24. The van der Waals surface area contributed by atoms with E-state index in [0.717, 1.165) is 16.9 Å². The zero-order valence-electron chi connectivity index (χ0n) is 12.6. The van der Waals surface area contributed by atoms with Crippen molar-refractivity contribution < 1.29 is 14.3 Å². The summed E-state index contributed by atoms with van der Waals surface area (Å²) in [5.41, 5.74) is 7.40. The smallest absolute Gasteiger partial charge is 0.260 e. The summed E-state index contributed by atoms with van der Waals surface area (Å²) < 4.78 is 5.62. The Kier molecular flexibility index (Phi) is 4.83. The van der Waals surface area contributed by atoms with Gasteiger partial charge in [-0.2, -0.15) is 0 Å². The molecule has 1 aromatic carbocycles. The zero-order valence-corrected chi connectivity index (χ0v) is 12.6. The van der Waals surface area contributed by atoms with E-state index in [1.165, 1.54) is 0 Å². The van der Waals surface area contributed by atoms with Crippen LogP contribution < -0.4 is 10.5 Å². The number of carbonyl (C=O) groups excluding carboxylic acids is 2. The molecule has 1 fully saturated rings. The predicted octanol–water partition coefficient (Wildman–Crippen LogP) is 1.41. The fourth-order valence-corrected chi connectivity index (χ4v) is 2.51. The van der Waals surface area contributed by atoms with Gasteiger partial charge < -0.3 is 15.4 Å². The second-order valence-electron chi connectivity index (χ2n) is 5.62. The lowest BCUT2D eigenvalue weighted by molar-refractivity contribution is -0.136. The summed E-state index contributed by atoms with van der Waals surface area (Å²) in [7, 11) is 0. The quantitative estimate of drug-likeness (QED) is 0.911. The number of nitrogens with two attached hydrogens (primary N) is 1. The molecule has 0 atom stereocenters. The number of benzene rings is 1. The minimum absolute atomic E-state index is 0.0333. The number of hydrogen-bond acceptors (Lipinski definition) is 3. The fraction of sp³-hybridized carbons (Fsp3) is 0.500. The molecule has 2 amide bonds. The molecule has 1 aliphatic rings. The van der Waals surface area contributed by atoms with Crippen molar-refractivity contribution in [3.8, 4) is 5.75 Å². The summed E-state index contributed by atoms with van der Waals surface area (Å²) >= 11 is 0. The lowest BCUT2D eigenvalue weighted by atomic mass is 9.96. The third-order valence-electron chi connectivity index (χ3n) is 3.94. The highest BCUT2D eigenvalue weighted by Crippen LogP contribution is 2.20. The van der Waals surface area contributed by atoms with Gasteiger partial charge in [-0.25, -0.2) is 0 Å². The van der Waals surface area contributed by atoms with Crippen LogP contribution in [0.4, 0.5) is 0 Å². The summed E-state index contributed by atoms with van der Waals surface area (Å²) in [5.74, 6) is 0.330. The van der Waals surface area contributed by atoms with Crippen LogP contribution in [0.5, 0.6) is 5.75 Å². The van der Waals surface area contributed by atoms with Gasteiger partial charge in [-0.1, -0.05) is 12.1 Å². The van der Waals surface area contributed by atoms with E-state index in [0.29, 0.717) is 25.9 Å². The highest BCUT2D eigenvalue weighted by atomic mass is 16.5. The Morgan fingerprint density at radius 2 is 1.95 bits per heavy atom. The molecule has 21 heavy (non-hydrogen) atoms. The number of amides is 2. The maximum absolute atomic E-state index is 12.1. The number of piperidine rings is 1. The molecule has 2 rings (SSSR count). The Bertz CT molecular complexity index is 534. The van der Waals surface area contributed by atoms with Gasteiger partial charge in [0.2, 0.25) is 5.91 Å². The number of nitrogens with zero attached hydrogens (tertiary/aromatic N) is 1. The van der Waals surface area contributed by atoms with Crippen molar-refractivity contribution in [2.75, 3.05) is 19.7 Å². The van der Waals surface area contributed by atoms with Crippen molar-refractivity contribution in [2.45, 2.75) is 26.7 Å². The molecule has 1 heterocycles.